The number of nitrogens with two attached hydrogens (primary N) is 1. The highest BCUT2D eigenvalue weighted by atomic mass is 16.2. The standard InChI is InChI=1S/C27H24N6O2/c1-2-23(34)33-14-12-19(15-33)21-11-10-20(24-25(21)30-16-31-26(24)28)17-6-8-18(9-7-17)27(35)32-22-5-3-4-13-29-22/h2-11,13,16,19H,1,12,14-15H2,(H2,28,30,31)(H,29,32,35). The molecule has 2 aromatic carbocycles. The van der Waals surface area contributed by atoms with Gasteiger partial charge in [0.2, 0.25) is 5.91 Å². The van der Waals surface area contributed by atoms with Gasteiger partial charge in [0.25, 0.3) is 5.91 Å². The predicted molar refractivity (Wildman–Crippen MR) is 136 cm³/mol. The maximum absolute atomic E-state index is 12.6. The third-order valence-electron chi connectivity index (χ3n) is 6.33. The van der Waals surface area contributed by atoms with Crippen LogP contribution in [-0.2, 0) is 4.79 Å². The van der Waals surface area contributed by atoms with Crippen LogP contribution in [0.5, 0.6) is 0 Å². The SMILES string of the molecule is C=CC(=O)N1CCC(c2ccc(-c3ccc(C(=O)Nc4ccccn4)cc3)c3c(N)ncnc23)C1. The normalized spacial score (nSPS) is 15.2. The van der Waals surface area contributed by atoms with Gasteiger partial charge in [-0.3, -0.25) is 9.59 Å². The molecule has 1 aliphatic heterocycles. The van der Waals surface area contributed by atoms with Crippen molar-refractivity contribution in [3.63, 3.8) is 0 Å². The van der Waals surface area contributed by atoms with Gasteiger partial charge in [-0.25, -0.2) is 15.0 Å². The highest BCUT2D eigenvalue weighted by Crippen LogP contribution is 2.38. The maximum atomic E-state index is 12.6. The number of fused-ring (bicyclic) bond motifs is 1. The number of nitrogens with zero attached hydrogens (tertiary/aromatic N) is 4. The Balaban J connectivity index is 1.46. The molecule has 35 heavy (non-hydrogen) atoms. The second-order valence-electron chi connectivity index (χ2n) is 8.41. The summed E-state index contributed by atoms with van der Waals surface area (Å²) in [6.45, 7) is 4.89. The lowest BCUT2D eigenvalue weighted by Crippen LogP contribution is -2.26. The van der Waals surface area contributed by atoms with E-state index >= 15 is 0 Å². The molecule has 1 atom stereocenters. The quantitative estimate of drug-likeness (QED) is 0.431. The van der Waals surface area contributed by atoms with Crippen LogP contribution < -0.4 is 11.1 Å². The highest BCUT2D eigenvalue weighted by molar-refractivity contribution is 6.05. The van der Waals surface area contributed by atoms with Crippen molar-refractivity contribution in [3.8, 4) is 11.1 Å². The van der Waals surface area contributed by atoms with Crippen molar-refractivity contribution in [1.29, 1.82) is 0 Å². The molecule has 1 unspecified atom stereocenters. The Labute approximate surface area is 202 Å². The van der Waals surface area contributed by atoms with Crippen molar-refractivity contribution in [2.75, 3.05) is 24.1 Å². The number of pyridine rings is 1. The van der Waals surface area contributed by atoms with Crippen LogP contribution in [0.4, 0.5) is 11.6 Å². The molecule has 8 heteroatoms. The van der Waals surface area contributed by atoms with E-state index in [1.54, 1.807) is 35.4 Å². The van der Waals surface area contributed by atoms with Crippen molar-refractivity contribution in [2.45, 2.75) is 12.3 Å². The molecule has 0 radical (unpaired) electrons. The minimum atomic E-state index is -0.238. The first kappa shape index (κ1) is 22.2. The molecular weight excluding hydrogens is 440 g/mol. The average molecular weight is 465 g/mol. The molecule has 2 amide bonds. The summed E-state index contributed by atoms with van der Waals surface area (Å²) in [5.74, 6) is 0.740. The summed E-state index contributed by atoms with van der Waals surface area (Å²) < 4.78 is 0. The lowest BCUT2D eigenvalue weighted by atomic mass is 9.91. The minimum Gasteiger partial charge on any atom is -0.383 e. The number of hydrogen-bond acceptors (Lipinski definition) is 6. The summed E-state index contributed by atoms with van der Waals surface area (Å²) in [4.78, 5) is 39.4. The Bertz CT molecular complexity index is 1420. The van der Waals surface area contributed by atoms with Crippen LogP contribution in [0.2, 0.25) is 0 Å². The third-order valence-corrected chi connectivity index (χ3v) is 6.33. The number of rotatable bonds is 5. The number of anilines is 2. The van der Waals surface area contributed by atoms with Crippen LogP contribution in [0.1, 0.15) is 28.3 Å². The van der Waals surface area contributed by atoms with E-state index in [9.17, 15) is 9.59 Å². The van der Waals surface area contributed by atoms with E-state index in [1.165, 1.54) is 12.4 Å². The van der Waals surface area contributed by atoms with Crippen molar-refractivity contribution in [2.24, 2.45) is 0 Å². The summed E-state index contributed by atoms with van der Waals surface area (Å²) in [5.41, 5.74) is 10.4. The van der Waals surface area contributed by atoms with E-state index < -0.39 is 0 Å². The number of carbonyl (C=O) groups is 2. The molecule has 1 aliphatic rings. The Morgan fingerprint density at radius 3 is 2.63 bits per heavy atom. The molecule has 0 aliphatic carbocycles. The van der Waals surface area contributed by atoms with E-state index in [2.05, 4.69) is 32.9 Å². The van der Waals surface area contributed by atoms with E-state index in [-0.39, 0.29) is 17.7 Å². The second-order valence-corrected chi connectivity index (χ2v) is 8.41. The number of hydrogen-bond donors (Lipinski definition) is 2. The van der Waals surface area contributed by atoms with Crippen LogP contribution >= 0.6 is 0 Å². The zero-order valence-corrected chi connectivity index (χ0v) is 19.0. The Hall–Kier alpha value is -4.59. The molecule has 0 saturated carbocycles. The molecule has 174 valence electrons. The van der Waals surface area contributed by atoms with Gasteiger partial charge in [-0.15, -0.1) is 0 Å². The van der Waals surface area contributed by atoms with Gasteiger partial charge in [0.1, 0.15) is 18.0 Å². The Morgan fingerprint density at radius 2 is 1.89 bits per heavy atom. The molecule has 3 heterocycles. The van der Waals surface area contributed by atoms with Crippen LogP contribution in [0.3, 0.4) is 0 Å². The lowest BCUT2D eigenvalue weighted by Gasteiger charge is -2.17. The van der Waals surface area contributed by atoms with E-state index in [4.69, 9.17) is 5.73 Å². The smallest absolute Gasteiger partial charge is 0.256 e. The summed E-state index contributed by atoms with van der Waals surface area (Å²) >= 11 is 0. The monoisotopic (exact) mass is 464 g/mol. The van der Waals surface area contributed by atoms with Crippen LogP contribution in [0, 0.1) is 0 Å². The fourth-order valence-corrected chi connectivity index (χ4v) is 4.56. The van der Waals surface area contributed by atoms with E-state index in [0.717, 1.165) is 34.0 Å². The van der Waals surface area contributed by atoms with Crippen LogP contribution in [0.15, 0.2) is 79.8 Å². The Kier molecular flexibility index (Phi) is 5.93. The van der Waals surface area contributed by atoms with E-state index in [1.807, 2.05) is 24.3 Å². The second kappa shape index (κ2) is 9.34. The van der Waals surface area contributed by atoms with Crippen molar-refractivity contribution < 1.29 is 9.59 Å². The largest absolute Gasteiger partial charge is 0.383 e. The van der Waals surface area contributed by atoms with Gasteiger partial charge in [-0.2, -0.15) is 0 Å². The first-order valence-electron chi connectivity index (χ1n) is 11.3. The molecule has 1 fully saturated rings. The molecule has 8 nitrogen and oxygen atoms in total. The minimum absolute atomic E-state index is 0.0604. The predicted octanol–water partition coefficient (Wildman–Crippen LogP) is 4.03. The molecule has 2 aromatic heterocycles. The molecule has 5 rings (SSSR count). The third kappa shape index (κ3) is 4.33. The fourth-order valence-electron chi connectivity index (χ4n) is 4.56. The molecule has 1 saturated heterocycles. The lowest BCUT2D eigenvalue weighted by molar-refractivity contribution is -0.125. The average Bonchev–Trinajstić information content (AvgIpc) is 3.39. The van der Waals surface area contributed by atoms with Gasteiger partial charge >= 0.3 is 0 Å². The number of aromatic nitrogens is 3. The topological polar surface area (TPSA) is 114 Å². The summed E-state index contributed by atoms with van der Waals surface area (Å²) in [6, 6.07) is 16.7. The molecule has 0 bridgehead atoms. The zero-order chi connectivity index (χ0) is 24.4. The van der Waals surface area contributed by atoms with Gasteiger partial charge in [0.15, 0.2) is 0 Å². The van der Waals surface area contributed by atoms with Gasteiger partial charge < -0.3 is 16.0 Å². The van der Waals surface area contributed by atoms with Crippen molar-refractivity contribution >= 4 is 34.4 Å². The number of nitrogen functional groups attached to an aromatic ring is 1. The number of benzene rings is 2. The number of nitrogens with one attached hydrogen (secondary N) is 1. The van der Waals surface area contributed by atoms with Crippen molar-refractivity contribution in [3.05, 3.63) is 90.9 Å². The summed E-state index contributed by atoms with van der Waals surface area (Å²) in [6.07, 6.45) is 5.29. The Morgan fingerprint density at radius 1 is 1.06 bits per heavy atom. The molecule has 4 aromatic rings. The molecular formula is C27H24N6O2. The zero-order valence-electron chi connectivity index (χ0n) is 19.0. The number of carbonyl (C=O) groups excluding carboxylic acids is 2. The summed E-state index contributed by atoms with van der Waals surface area (Å²) in [5, 5.41) is 3.55. The van der Waals surface area contributed by atoms with Gasteiger partial charge in [-0.05, 0) is 53.5 Å². The van der Waals surface area contributed by atoms with Gasteiger partial charge in [-0.1, -0.05) is 36.9 Å². The number of likely N-dealkylation sites (tertiary alicyclic amines) is 1. The summed E-state index contributed by atoms with van der Waals surface area (Å²) in [7, 11) is 0. The maximum Gasteiger partial charge on any atom is 0.256 e. The highest BCUT2D eigenvalue weighted by Gasteiger charge is 2.28. The molecule has 3 N–H and O–H groups in total. The first-order chi connectivity index (χ1) is 17.0. The first-order valence-corrected chi connectivity index (χ1v) is 11.3. The molecule has 0 spiro atoms. The van der Waals surface area contributed by atoms with Crippen molar-refractivity contribution in [1.82, 2.24) is 19.9 Å². The number of amides is 2. The fraction of sp³-hybridized carbons (Fsp3) is 0.148. The van der Waals surface area contributed by atoms with Crippen LogP contribution in [-0.4, -0.2) is 44.8 Å². The van der Waals surface area contributed by atoms with Gasteiger partial charge in [0, 0.05) is 30.8 Å². The van der Waals surface area contributed by atoms with Crippen LogP contribution in [0.25, 0.3) is 22.0 Å². The van der Waals surface area contributed by atoms with E-state index in [0.29, 0.717) is 30.3 Å². The van der Waals surface area contributed by atoms with Gasteiger partial charge in [0.05, 0.1) is 10.9 Å².